The van der Waals surface area contributed by atoms with Gasteiger partial charge in [0, 0.05) is 19.3 Å². The predicted octanol–water partition coefficient (Wildman–Crippen LogP) is 2.48. The van der Waals surface area contributed by atoms with Gasteiger partial charge in [0.15, 0.2) is 0 Å². The van der Waals surface area contributed by atoms with Gasteiger partial charge in [0.05, 0.1) is 15.5 Å². The molecule has 4 nitrogen and oxygen atoms in total. The van der Waals surface area contributed by atoms with Crippen molar-refractivity contribution in [1.82, 2.24) is 15.1 Å². The summed E-state index contributed by atoms with van der Waals surface area (Å²) in [5.41, 5.74) is 2.59. The zero-order valence-corrected chi connectivity index (χ0v) is 11.9. The second-order valence-electron chi connectivity index (χ2n) is 3.71. The fourth-order valence-corrected chi connectivity index (χ4v) is 2.65. The van der Waals surface area contributed by atoms with Crippen LogP contribution in [0.15, 0.2) is 21.4 Å². The second kappa shape index (κ2) is 5.01. The van der Waals surface area contributed by atoms with E-state index in [0.29, 0.717) is 12.1 Å². The minimum absolute atomic E-state index is 0.0853. The smallest absolute Gasteiger partial charge is 0.255 e. The van der Waals surface area contributed by atoms with Gasteiger partial charge >= 0.3 is 0 Å². The number of rotatable bonds is 3. The van der Waals surface area contributed by atoms with E-state index in [1.165, 1.54) is 0 Å². The number of amides is 1. The molecule has 0 saturated heterocycles. The third-order valence-electron chi connectivity index (χ3n) is 2.55. The van der Waals surface area contributed by atoms with Crippen LogP contribution in [-0.4, -0.2) is 15.7 Å². The molecule has 2 rings (SSSR count). The molecule has 0 saturated carbocycles. The average molecular weight is 314 g/mol. The van der Waals surface area contributed by atoms with Gasteiger partial charge in [0.1, 0.15) is 0 Å². The van der Waals surface area contributed by atoms with Crippen LogP contribution in [0.5, 0.6) is 0 Å². The molecule has 17 heavy (non-hydrogen) atoms. The zero-order valence-electron chi connectivity index (χ0n) is 9.53. The fourth-order valence-electron chi connectivity index (χ4n) is 1.44. The van der Waals surface area contributed by atoms with Crippen LogP contribution >= 0.6 is 27.3 Å². The minimum atomic E-state index is -0.0853. The van der Waals surface area contributed by atoms with Gasteiger partial charge in [-0.25, -0.2) is 0 Å². The summed E-state index contributed by atoms with van der Waals surface area (Å²) in [5.74, 6) is -0.0853. The molecular weight excluding hydrogens is 302 g/mol. The quantitative estimate of drug-likeness (QED) is 0.946. The van der Waals surface area contributed by atoms with E-state index in [1.54, 1.807) is 22.2 Å². The Balaban J connectivity index is 2.00. The predicted molar refractivity (Wildman–Crippen MR) is 71.1 cm³/mol. The van der Waals surface area contributed by atoms with Crippen molar-refractivity contribution in [3.8, 4) is 0 Å². The molecule has 0 bridgehead atoms. The van der Waals surface area contributed by atoms with Crippen molar-refractivity contribution < 1.29 is 4.79 Å². The number of nitrogens with zero attached hydrogens (tertiary/aromatic N) is 2. The number of aromatic nitrogens is 2. The highest BCUT2D eigenvalue weighted by atomic mass is 79.9. The molecule has 0 aliphatic carbocycles. The highest BCUT2D eigenvalue weighted by Crippen LogP contribution is 2.20. The molecule has 2 aromatic heterocycles. The summed E-state index contributed by atoms with van der Waals surface area (Å²) in [5, 5.41) is 8.94. The number of hydrogen-bond acceptors (Lipinski definition) is 3. The Bertz CT molecular complexity index is 547. The van der Waals surface area contributed by atoms with Crippen molar-refractivity contribution in [1.29, 1.82) is 0 Å². The first-order valence-corrected chi connectivity index (χ1v) is 6.75. The molecule has 0 atom stereocenters. The summed E-state index contributed by atoms with van der Waals surface area (Å²) in [6, 6.07) is 2.00. The average Bonchev–Trinajstić information content (AvgIpc) is 2.84. The van der Waals surface area contributed by atoms with E-state index >= 15 is 0 Å². The van der Waals surface area contributed by atoms with E-state index in [0.717, 1.165) is 15.0 Å². The molecule has 2 heterocycles. The topological polar surface area (TPSA) is 46.9 Å². The first-order valence-electron chi connectivity index (χ1n) is 5.07. The Kier molecular flexibility index (Phi) is 3.63. The van der Waals surface area contributed by atoms with Gasteiger partial charge in [-0.05, 0) is 39.9 Å². The largest absolute Gasteiger partial charge is 0.348 e. The third-order valence-corrected chi connectivity index (χ3v) is 4.11. The van der Waals surface area contributed by atoms with Crippen LogP contribution in [0, 0.1) is 6.92 Å². The summed E-state index contributed by atoms with van der Waals surface area (Å²) in [6.07, 6.45) is 1.59. The SMILES string of the molecule is Cc1c(C(=O)NCc2csc(Br)c2)cnn1C. The van der Waals surface area contributed by atoms with Crippen LogP contribution in [0.4, 0.5) is 0 Å². The van der Waals surface area contributed by atoms with Crippen molar-refractivity contribution in [2.75, 3.05) is 0 Å². The summed E-state index contributed by atoms with van der Waals surface area (Å²) in [7, 11) is 1.82. The third kappa shape index (κ3) is 2.76. The van der Waals surface area contributed by atoms with Gasteiger partial charge in [-0.2, -0.15) is 5.10 Å². The number of hydrogen-bond donors (Lipinski definition) is 1. The number of nitrogens with one attached hydrogen (secondary N) is 1. The summed E-state index contributed by atoms with van der Waals surface area (Å²) in [4.78, 5) is 11.9. The Morgan fingerprint density at radius 3 is 2.94 bits per heavy atom. The molecule has 1 amide bonds. The number of thiophene rings is 1. The monoisotopic (exact) mass is 313 g/mol. The van der Waals surface area contributed by atoms with Crippen LogP contribution in [0.1, 0.15) is 21.6 Å². The zero-order chi connectivity index (χ0) is 12.4. The fraction of sp³-hybridized carbons (Fsp3) is 0.273. The minimum Gasteiger partial charge on any atom is -0.348 e. The van der Waals surface area contributed by atoms with Gasteiger partial charge in [-0.3, -0.25) is 9.48 Å². The lowest BCUT2D eigenvalue weighted by molar-refractivity contribution is 0.0950. The highest BCUT2D eigenvalue weighted by Gasteiger charge is 2.12. The highest BCUT2D eigenvalue weighted by molar-refractivity contribution is 9.11. The van der Waals surface area contributed by atoms with Gasteiger partial charge in [0.25, 0.3) is 5.91 Å². The van der Waals surface area contributed by atoms with Crippen molar-refractivity contribution in [2.45, 2.75) is 13.5 Å². The number of carbonyl (C=O) groups excluding carboxylic acids is 1. The van der Waals surface area contributed by atoms with Crippen LogP contribution in [-0.2, 0) is 13.6 Å². The number of halogens is 1. The maximum absolute atomic E-state index is 11.9. The van der Waals surface area contributed by atoms with Gasteiger partial charge < -0.3 is 5.32 Å². The van der Waals surface area contributed by atoms with Crippen molar-refractivity contribution in [2.24, 2.45) is 7.05 Å². The molecule has 0 aromatic carbocycles. The van der Waals surface area contributed by atoms with E-state index in [-0.39, 0.29) is 5.91 Å². The lowest BCUT2D eigenvalue weighted by atomic mass is 10.2. The van der Waals surface area contributed by atoms with Crippen LogP contribution in [0.25, 0.3) is 0 Å². The Morgan fingerprint density at radius 1 is 1.65 bits per heavy atom. The van der Waals surface area contributed by atoms with Crippen LogP contribution in [0.3, 0.4) is 0 Å². The van der Waals surface area contributed by atoms with E-state index in [9.17, 15) is 4.79 Å². The molecule has 90 valence electrons. The number of aryl methyl sites for hydroxylation is 1. The molecule has 1 N–H and O–H groups in total. The number of carbonyl (C=O) groups is 1. The van der Waals surface area contributed by atoms with E-state index in [1.807, 2.05) is 25.4 Å². The molecule has 6 heteroatoms. The Morgan fingerprint density at radius 2 is 2.41 bits per heavy atom. The molecule has 2 aromatic rings. The van der Waals surface area contributed by atoms with Gasteiger partial charge in [-0.1, -0.05) is 0 Å². The van der Waals surface area contributed by atoms with Crippen LogP contribution < -0.4 is 5.32 Å². The summed E-state index contributed by atoms with van der Waals surface area (Å²) < 4.78 is 2.76. The molecule has 0 aliphatic rings. The lowest BCUT2D eigenvalue weighted by Crippen LogP contribution is -2.23. The summed E-state index contributed by atoms with van der Waals surface area (Å²) >= 11 is 5.00. The van der Waals surface area contributed by atoms with E-state index in [4.69, 9.17) is 0 Å². The summed E-state index contributed by atoms with van der Waals surface area (Å²) in [6.45, 7) is 2.42. The first-order chi connectivity index (χ1) is 8.08. The Labute approximate surface area is 112 Å². The maximum atomic E-state index is 11.9. The van der Waals surface area contributed by atoms with E-state index in [2.05, 4.69) is 26.3 Å². The lowest BCUT2D eigenvalue weighted by Gasteiger charge is -2.03. The van der Waals surface area contributed by atoms with Crippen molar-refractivity contribution in [3.05, 3.63) is 38.3 Å². The molecule has 0 radical (unpaired) electrons. The molecule has 0 fully saturated rings. The maximum Gasteiger partial charge on any atom is 0.255 e. The Hall–Kier alpha value is -1.14. The van der Waals surface area contributed by atoms with E-state index < -0.39 is 0 Å². The first kappa shape index (κ1) is 12.3. The van der Waals surface area contributed by atoms with Crippen molar-refractivity contribution >= 4 is 33.2 Å². The molecule has 0 unspecified atom stereocenters. The van der Waals surface area contributed by atoms with Crippen molar-refractivity contribution in [3.63, 3.8) is 0 Å². The normalized spacial score (nSPS) is 10.5. The second-order valence-corrected chi connectivity index (χ2v) is 6.00. The standard InChI is InChI=1S/C11H12BrN3OS/c1-7-9(5-14-15(7)2)11(16)13-4-8-3-10(12)17-6-8/h3,5-6H,4H2,1-2H3,(H,13,16). The molecule has 0 aliphatic heterocycles. The van der Waals surface area contributed by atoms with Crippen LogP contribution in [0.2, 0.25) is 0 Å². The molecule has 0 spiro atoms. The molecular formula is C11H12BrN3OS. The van der Waals surface area contributed by atoms with Gasteiger partial charge in [0.2, 0.25) is 0 Å². The van der Waals surface area contributed by atoms with Gasteiger partial charge in [-0.15, -0.1) is 11.3 Å².